The summed E-state index contributed by atoms with van der Waals surface area (Å²) in [5, 5.41) is 3.10. The van der Waals surface area contributed by atoms with Crippen LogP contribution in [0.15, 0.2) is 18.2 Å². The summed E-state index contributed by atoms with van der Waals surface area (Å²) in [6.45, 7) is 5.88. The smallest absolute Gasteiger partial charge is 0.127 e. The lowest BCUT2D eigenvalue weighted by molar-refractivity contribution is 0.0760. The third-order valence-corrected chi connectivity index (χ3v) is 2.52. The van der Waals surface area contributed by atoms with Crippen LogP contribution >= 0.6 is 0 Å². The molecule has 0 aliphatic heterocycles. The Labute approximate surface area is 107 Å². The Morgan fingerprint density at radius 2 is 2.00 bits per heavy atom. The summed E-state index contributed by atoms with van der Waals surface area (Å²) in [6, 6.07) is 3.51. The number of benzene rings is 1. The Morgan fingerprint density at radius 3 is 2.72 bits per heavy atom. The van der Waals surface area contributed by atoms with E-state index >= 15 is 0 Å². The fourth-order valence-corrected chi connectivity index (χ4v) is 1.57. The SMILES string of the molecule is CC(C)OCCCCNCc1cc(F)ccc1F. The van der Waals surface area contributed by atoms with E-state index < -0.39 is 5.82 Å². The summed E-state index contributed by atoms with van der Waals surface area (Å²) in [5.74, 6) is -0.773. The molecule has 0 bridgehead atoms. The van der Waals surface area contributed by atoms with E-state index in [1.165, 1.54) is 6.07 Å². The van der Waals surface area contributed by atoms with Crippen LogP contribution in [0.3, 0.4) is 0 Å². The highest BCUT2D eigenvalue weighted by atomic mass is 19.1. The number of rotatable bonds is 8. The summed E-state index contributed by atoms with van der Waals surface area (Å²) >= 11 is 0. The van der Waals surface area contributed by atoms with Crippen molar-refractivity contribution >= 4 is 0 Å². The number of ether oxygens (including phenoxy) is 1. The highest BCUT2D eigenvalue weighted by molar-refractivity contribution is 5.18. The van der Waals surface area contributed by atoms with Gasteiger partial charge in [0.05, 0.1) is 6.10 Å². The molecule has 0 heterocycles. The van der Waals surface area contributed by atoms with Crippen molar-refractivity contribution in [3.63, 3.8) is 0 Å². The molecule has 1 rings (SSSR count). The average molecular weight is 257 g/mol. The minimum Gasteiger partial charge on any atom is -0.379 e. The van der Waals surface area contributed by atoms with Gasteiger partial charge in [0.15, 0.2) is 0 Å². The zero-order valence-corrected chi connectivity index (χ0v) is 11.0. The predicted molar refractivity (Wildman–Crippen MR) is 68.4 cm³/mol. The van der Waals surface area contributed by atoms with E-state index in [4.69, 9.17) is 4.74 Å². The Bertz CT molecular complexity index is 356. The average Bonchev–Trinajstić information content (AvgIpc) is 2.32. The van der Waals surface area contributed by atoms with E-state index in [0.29, 0.717) is 12.1 Å². The number of hydrogen-bond acceptors (Lipinski definition) is 2. The van der Waals surface area contributed by atoms with Crippen molar-refractivity contribution in [2.24, 2.45) is 0 Å². The van der Waals surface area contributed by atoms with Crippen LogP contribution in [0, 0.1) is 11.6 Å². The van der Waals surface area contributed by atoms with E-state index in [1.54, 1.807) is 0 Å². The van der Waals surface area contributed by atoms with E-state index in [9.17, 15) is 8.78 Å². The Kier molecular flexibility index (Phi) is 6.83. The quantitative estimate of drug-likeness (QED) is 0.722. The van der Waals surface area contributed by atoms with Crippen LogP contribution in [0.5, 0.6) is 0 Å². The third kappa shape index (κ3) is 6.07. The van der Waals surface area contributed by atoms with Gasteiger partial charge in [-0.1, -0.05) is 0 Å². The molecular formula is C14H21F2NO. The monoisotopic (exact) mass is 257 g/mol. The first-order valence-corrected chi connectivity index (χ1v) is 6.36. The van der Waals surface area contributed by atoms with E-state index in [-0.39, 0.29) is 11.9 Å². The van der Waals surface area contributed by atoms with Crippen LogP contribution in [-0.4, -0.2) is 19.3 Å². The third-order valence-electron chi connectivity index (χ3n) is 2.52. The molecule has 0 saturated carbocycles. The maximum absolute atomic E-state index is 13.3. The maximum atomic E-state index is 13.3. The molecule has 0 spiro atoms. The zero-order valence-electron chi connectivity index (χ0n) is 11.0. The Balaban J connectivity index is 2.12. The summed E-state index contributed by atoms with van der Waals surface area (Å²) in [7, 11) is 0. The highest BCUT2D eigenvalue weighted by Gasteiger charge is 2.02. The van der Waals surface area contributed by atoms with Gasteiger partial charge in [-0.3, -0.25) is 0 Å². The molecule has 1 aromatic rings. The van der Waals surface area contributed by atoms with Crippen molar-refractivity contribution in [1.29, 1.82) is 0 Å². The summed E-state index contributed by atoms with van der Waals surface area (Å²) < 4.78 is 31.6. The highest BCUT2D eigenvalue weighted by Crippen LogP contribution is 2.09. The molecule has 0 radical (unpaired) electrons. The fourth-order valence-electron chi connectivity index (χ4n) is 1.57. The van der Waals surface area contributed by atoms with Crippen molar-refractivity contribution in [3.05, 3.63) is 35.4 Å². The molecule has 1 N–H and O–H groups in total. The van der Waals surface area contributed by atoms with E-state index in [2.05, 4.69) is 5.32 Å². The van der Waals surface area contributed by atoms with Crippen molar-refractivity contribution in [1.82, 2.24) is 5.32 Å². The van der Waals surface area contributed by atoms with Gasteiger partial charge in [0.25, 0.3) is 0 Å². The molecule has 102 valence electrons. The van der Waals surface area contributed by atoms with Crippen LogP contribution in [0.25, 0.3) is 0 Å². The molecule has 0 atom stereocenters. The van der Waals surface area contributed by atoms with Crippen LogP contribution in [0.1, 0.15) is 32.3 Å². The van der Waals surface area contributed by atoms with Crippen molar-refractivity contribution in [2.45, 2.75) is 39.3 Å². The van der Waals surface area contributed by atoms with Gasteiger partial charge < -0.3 is 10.1 Å². The lowest BCUT2D eigenvalue weighted by atomic mass is 10.2. The molecule has 0 aliphatic rings. The van der Waals surface area contributed by atoms with Crippen LogP contribution in [0.2, 0.25) is 0 Å². The normalized spacial score (nSPS) is 11.2. The number of unbranched alkanes of at least 4 members (excludes halogenated alkanes) is 1. The first kappa shape index (κ1) is 15.1. The summed E-state index contributed by atoms with van der Waals surface area (Å²) in [4.78, 5) is 0. The molecule has 0 aromatic heterocycles. The molecular weight excluding hydrogens is 236 g/mol. The van der Waals surface area contributed by atoms with Gasteiger partial charge in [0.2, 0.25) is 0 Å². The second-order valence-corrected chi connectivity index (χ2v) is 4.54. The first-order chi connectivity index (χ1) is 8.59. The minimum atomic E-state index is -0.404. The molecule has 0 aliphatic carbocycles. The zero-order chi connectivity index (χ0) is 13.4. The Hall–Kier alpha value is -1.00. The lowest BCUT2D eigenvalue weighted by Crippen LogP contribution is -2.16. The van der Waals surface area contributed by atoms with E-state index in [1.807, 2.05) is 13.8 Å². The van der Waals surface area contributed by atoms with Gasteiger partial charge in [-0.2, -0.15) is 0 Å². The van der Waals surface area contributed by atoms with Crippen LogP contribution in [-0.2, 0) is 11.3 Å². The van der Waals surface area contributed by atoms with Crippen molar-refractivity contribution in [3.8, 4) is 0 Å². The van der Waals surface area contributed by atoms with Gasteiger partial charge in [0.1, 0.15) is 11.6 Å². The largest absolute Gasteiger partial charge is 0.379 e. The molecule has 2 nitrogen and oxygen atoms in total. The molecule has 0 fully saturated rings. The predicted octanol–water partition coefficient (Wildman–Crippen LogP) is 3.26. The molecule has 0 amide bonds. The Morgan fingerprint density at radius 1 is 1.22 bits per heavy atom. The standard InChI is InChI=1S/C14H21F2NO/c1-11(2)18-8-4-3-7-17-10-12-9-13(15)5-6-14(12)16/h5-6,9,11,17H,3-4,7-8,10H2,1-2H3. The second-order valence-electron chi connectivity index (χ2n) is 4.54. The molecule has 0 saturated heterocycles. The number of halogens is 2. The molecule has 18 heavy (non-hydrogen) atoms. The van der Waals surface area contributed by atoms with Gasteiger partial charge >= 0.3 is 0 Å². The summed E-state index contributed by atoms with van der Waals surface area (Å²) in [6.07, 6.45) is 2.19. The van der Waals surface area contributed by atoms with E-state index in [0.717, 1.165) is 38.1 Å². The maximum Gasteiger partial charge on any atom is 0.127 e. The molecule has 4 heteroatoms. The summed E-state index contributed by atoms with van der Waals surface area (Å²) in [5.41, 5.74) is 0.369. The van der Waals surface area contributed by atoms with Gasteiger partial charge in [0, 0.05) is 18.7 Å². The van der Waals surface area contributed by atoms with Gasteiger partial charge in [-0.25, -0.2) is 8.78 Å². The van der Waals surface area contributed by atoms with Crippen molar-refractivity contribution < 1.29 is 13.5 Å². The van der Waals surface area contributed by atoms with Crippen LogP contribution in [0.4, 0.5) is 8.78 Å². The second kappa shape index (κ2) is 8.16. The minimum absolute atomic E-state index is 0.263. The number of nitrogens with one attached hydrogen (secondary N) is 1. The molecule has 0 unspecified atom stereocenters. The van der Waals surface area contributed by atoms with Gasteiger partial charge in [-0.05, 0) is 51.4 Å². The number of hydrogen-bond donors (Lipinski definition) is 1. The molecule has 1 aromatic carbocycles. The van der Waals surface area contributed by atoms with Gasteiger partial charge in [-0.15, -0.1) is 0 Å². The fraction of sp³-hybridized carbons (Fsp3) is 0.571. The first-order valence-electron chi connectivity index (χ1n) is 6.36. The van der Waals surface area contributed by atoms with Crippen molar-refractivity contribution in [2.75, 3.05) is 13.2 Å². The van der Waals surface area contributed by atoms with Crippen LogP contribution < -0.4 is 5.32 Å². The lowest BCUT2D eigenvalue weighted by Gasteiger charge is -2.08. The topological polar surface area (TPSA) is 21.3 Å².